The molecule has 0 atom stereocenters. The third-order valence-electron chi connectivity index (χ3n) is 5.15. The normalized spacial score (nSPS) is 10.8. The molecule has 0 saturated carbocycles. The molecule has 1 heterocycles. The number of anilines is 1. The molecule has 3 aromatic carbocycles. The lowest BCUT2D eigenvalue weighted by molar-refractivity contribution is -0.117. The van der Waals surface area contributed by atoms with Gasteiger partial charge in [0.25, 0.3) is 11.5 Å². The van der Waals surface area contributed by atoms with Crippen molar-refractivity contribution in [3.63, 3.8) is 0 Å². The van der Waals surface area contributed by atoms with E-state index in [2.05, 4.69) is 10.4 Å². The van der Waals surface area contributed by atoms with Crippen LogP contribution in [0.4, 0.5) is 14.5 Å². The summed E-state index contributed by atoms with van der Waals surface area (Å²) >= 11 is 0. The van der Waals surface area contributed by atoms with Gasteiger partial charge in [-0.15, -0.1) is 0 Å². The highest BCUT2D eigenvalue weighted by Gasteiger charge is 2.16. The summed E-state index contributed by atoms with van der Waals surface area (Å²) in [6, 6.07) is 16.3. The number of hydrogen-bond acceptors (Lipinski definition) is 4. The summed E-state index contributed by atoms with van der Waals surface area (Å²) in [5.74, 6) is -2.82. The molecule has 0 aliphatic rings. The maximum atomic E-state index is 13.9. The van der Waals surface area contributed by atoms with Crippen LogP contribution in [0.5, 0.6) is 0 Å². The highest BCUT2D eigenvalue weighted by atomic mass is 19.2. The number of nitrogens with one attached hydrogen (secondary N) is 1. The molecule has 0 saturated heterocycles. The van der Waals surface area contributed by atoms with E-state index in [0.29, 0.717) is 16.6 Å². The Bertz CT molecular complexity index is 1480. The zero-order valence-electron chi connectivity index (χ0n) is 18.4. The van der Waals surface area contributed by atoms with Gasteiger partial charge in [0, 0.05) is 36.3 Å². The van der Waals surface area contributed by atoms with Crippen LogP contribution in [0.15, 0.2) is 71.5 Å². The number of fused-ring (bicyclic) bond motifs is 1. The molecular weight excluding hydrogens is 442 g/mol. The highest BCUT2D eigenvalue weighted by Crippen LogP contribution is 2.26. The molecule has 4 aromatic rings. The lowest BCUT2D eigenvalue weighted by atomic mass is 10.0. The average Bonchev–Trinajstić information content (AvgIpc) is 2.82. The van der Waals surface area contributed by atoms with E-state index >= 15 is 0 Å². The molecule has 9 heteroatoms. The van der Waals surface area contributed by atoms with E-state index in [-0.39, 0.29) is 22.6 Å². The number of aromatic nitrogens is 2. The van der Waals surface area contributed by atoms with Crippen molar-refractivity contribution in [3.8, 4) is 11.3 Å². The van der Waals surface area contributed by atoms with E-state index in [1.807, 2.05) is 0 Å². The first-order chi connectivity index (χ1) is 16.2. The smallest absolute Gasteiger partial charge is 0.275 e. The predicted octanol–water partition coefficient (Wildman–Crippen LogP) is 3.68. The van der Waals surface area contributed by atoms with Crippen molar-refractivity contribution in [2.75, 3.05) is 19.4 Å². The minimum atomic E-state index is -1.05. The molecule has 0 aliphatic heterocycles. The van der Waals surface area contributed by atoms with Gasteiger partial charge in [0.15, 0.2) is 11.6 Å². The molecule has 0 fully saturated rings. The van der Waals surface area contributed by atoms with Crippen LogP contribution in [0.3, 0.4) is 0 Å². The number of amides is 2. The second-order valence-corrected chi connectivity index (χ2v) is 7.81. The van der Waals surface area contributed by atoms with Crippen LogP contribution in [0.2, 0.25) is 0 Å². The number of halogens is 2. The van der Waals surface area contributed by atoms with Crippen LogP contribution in [0, 0.1) is 11.6 Å². The summed E-state index contributed by atoms with van der Waals surface area (Å²) in [5.41, 5.74) is 0.769. The minimum Gasteiger partial charge on any atom is -0.345 e. The molecule has 0 spiro atoms. The summed E-state index contributed by atoms with van der Waals surface area (Å²) in [6.07, 6.45) is 0. The maximum Gasteiger partial charge on any atom is 0.275 e. The Morgan fingerprint density at radius 3 is 2.38 bits per heavy atom. The fourth-order valence-corrected chi connectivity index (χ4v) is 3.52. The first kappa shape index (κ1) is 22.8. The first-order valence-corrected chi connectivity index (χ1v) is 10.3. The number of nitrogens with zero attached hydrogens (tertiary/aromatic N) is 3. The molecule has 172 valence electrons. The van der Waals surface area contributed by atoms with Crippen molar-refractivity contribution < 1.29 is 18.4 Å². The van der Waals surface area contributed by atoms with Crippen LogP contribution in [0.25, 0.3) is 22.0 Å². The Balaban J connectivity index is 1.69. The fraction of sp³-hybridized carbons (Fsp3) is 0.120. The van der Waals surface area contributed by atoms with Gasteiger partial charge in [0.05, 0.1) is 11.1 Å². The van der Waals surface area contributed by atoms with Crippen molar-refractivity contribution in [1.29, 1.82) is 0 Å². The third kappa shape index (κ3) is 4.54. The zero-order valence-corrected chi connectivity index (χ0v) is 18.4. The van der Waals surface area contributed by atoms with Gasteiger partial charge in [-0.25, -0.2) is 13.5 Å². The summed E-state index contributed by atoms with van der Waals surface area (Å²) < 4.78 is 28.3. The van der Waals surface area contributed by atoms with Crippen molar-refractivity contribution in [1.82, 2.24) is 14.7 Å². The van der Waals surface area contributed by atoms with E-state index in [1.165, 1.54) is 17.0 Å². The van der Waals surface area contributed by atoms with Gasteiger partial charge >= 0.3 is 0 Å². The predicted molar refractivity (Wildman–Crippen MR) is 124 cm³/mol. The van der Waals surface area contributed by atoms with Crippen LogP contribution in [0.1, 0.15) is 10.4 Å². The lowest BCUT2D eigenvalue weighted by Crippen LogP contribution is -2.30. The standard InChI is InChI=1S/C25H20F2N4O3/c1-30(2)24(33)16-6-5-7-17(12-16)28-22(32)14-31-25(34)19-9-4-3-8-18(19)23(29-31)15-10-11-20(26)21(27)13-15/h3-13H,14H2,1-2H3,(H,28,32). The Labute approximate surface area is 193 Å². The first-order valence-electron chi connectivity index (χ1n) is 10.3. The van der Waals surface area contributed by atoms with E-state index in [9.17, 15) is 23.2 Å². The van der Waals surface area contributed by atoms with Gasteiger partial charge in [-0.05, 0) is 42.5 Å². The molecule has 7 nitrogen and oxygen atoms in total. The summed E-state index contributed by atoms with van der Waals surface area (Å²) in [6.45, 7) is -0.424. The molecule has 2 amide bonds. The van der Waals surface area contributed by atoms with Crippen molar-refractivity contribution in [2.45, 2.75) is 6.54 Å². The summed E-state index contributed by atoms with van der Waals surface area (Å²) in [5, 5.41) is 7.67. The molecule has 4 rings (SSSR count). The van der Waals surface area contributed by atoms with Crippen molar-refractivity contribution in [2.24, 2.45) is 0 Å². The lowest BCUT2D eigenvalue weighted by Gasteiger charge is -2.13. The topological polar surface area (TPSA) is 84.3 Å². The SMILES string of the molecule is CN(C)C(=O)c1cccc(NC(=O)Cn2nc(-c3ccc(F)c(F)c3)c3ccccc3c2=O)c1. The molecule has 1 aromatic heterocycles. The fourth-order valence-electron chi connectivity index (χ4n) is 3.52. The molecular formula is C25H20F2N4O3. The third-order valence-corrected chi connectivity index (χ3v) is 5.15. The molecule has 1 N–H and O–H groups in total. The Kier molecular flexibility index (Phi) is 6.18. The molecule has 0 aliphatic carbocycles. The second-order valence-electron chi connectivity index (χ2n) is 7.81. The van der Waals surface area contributed by atoms with Gasteiger partial charge in [0.2, 0.25) is 5.91 Å². The zero-order chi connectivity index (χ0) is 24.4. The summed E-state index contributed by atoms with van der Waals surface area (Å²) in [7, 11) is 3.24. The molecule has 34 heavy (non-hydrogen) atoms. The van der Waals surface area contributed by atoms with Gasteiger partial charge in [-0.3, -0.25) is 14.4 Å². The number of rotatable bonds is 5. The quantitative estimate of drug-likeness (QED) is 0.490. The van der Waals surface area contributed by atoms with E-state index in [0.717, 1.165) is 16.8 Å². The molecule has 0 radical (unpaired) electrons. The van der Waals surface area contributed by atoms with Gasteiger partial charge in [0.1, 0.15) is 6.54 Å². The van der Waals surface area contributed by atoms with Crippen LogP contribution in [-0.4, -0.2) is 40.6 Å². The van der Waals surface area contributed by atoms with Gasteiger partial charge in [-0.1, -0.05) is 24.3 Å². The van der Waals surface area contributed by atoms with Crippen molar-refractivity contribution in [3.05, 3.63) is 94.3 Å². The van der Waals surface area contributed by atoms with Gasteiger partial charge < -0.3 is 10.2 Å². The van der Waals surface area contributed by atoms with E-state index in [4.69, 9.17) is 0 Å². The largest absolute Gasteiger partial charge is 0.345 e. The monoisotopic (exact) mass is 462 g/mol. The van der Waals surface area contributed by atoms with Crippen LogP contribution < -0.4 is 10.9 Å². The summed E-state index contributed by atoms with van der Waals surface area (Å²) in [4.78, 5) is 39.3. The second kappa shape index (κ2) is 9.22. The maximum absolute atomic E-state index is 13.9. The number of hydrogen-bond donors (Lipinski definition) is 1. The molecule has 0 bridgehead atoms. The number of carbonyl (C=O) groups excluding carboxylic acids is 2. The molecule has 0 unspecified atom stereocenters. The Morgan fingerprint density at radius 1 is 0.941 bits per heavy atom. The van der Waals surface area contributed by atoms with Gasteiger partial charge in [-0.2, -0.15) is 5.10 Å². The van der Waals surface area contributed by atoms with Crippen LogP contribution in [-0.2, 0) is 11.3 Å². The van der Waals surface area contributed by atoms with E-state index < -0.39 is 29.6 Å². The Morgan fingerprint density at radius 2 is 1.68 bits per heavy atom. The van der Waals surface area contributed by atoms with E-state index in [1.54, 1.807) is 56.6 Å². The number of benzene rings is 3. The van der Waals surface area contributed by atoms with Crippen LogP contribution >= 0.6 is 0 Å². The Hall–Kier alpha value is -4.40. The average molecular weight is 462 g/mol. The minimum absolute atomic E-state index is 0.223. The number of carbonyl (C=O) groups is 2. The highest BCUT2D eigenvalue weighted by molar-refractivity contribution is 5.97. The van der Waals surface area contributed by atoms with Crippen molar-refractivity contribution >= 4 is 28.3 Å².